The maximum atomic E-state index is 12.7. The molecular weight excluding hydrogens is 396 g/mol. The van der Waals surface area contributed by atoms with Crippen molar-refractivity contribution in [2.75, 3.05) is 26.2 Å². The van der Waals surface area contributed by atoms with Crippen molar-refractivity contribution in [3.05, 3.63) is 52.0 Å². The van der Waals surface area contributed by atoms with E-state index in [9.17, 15) is 9.59 Å². The molecule has 2 aliphatic heterocycles. The zero-order valence-corrected chi connectivity index (χ0v) is 18.4. The van der Waals surface area contributed by atoms with Gasteiger partial charge in [-0.15, -0.1) is 11.3 Å². The zero-order valence-electron chi connectivity index (χ0n) is 17.5. The van der Waals surface area contributed by atoms with Crippen LogP contribution in [0.4, 0.5) is 0 Å². The number of rotatable bonds is 5. The Labute approximate surface area is 182 Å². The summed E-state index contributed by atoms with van der Waals surface area (Å²) in [6.45, 7) is 6.11. The highest BCUT2D eigenvalue weighted by molar-refractivity contribution is 7.13. The Bertz CT molecular complexity index is 853. The molecule has 2 saturated heterocycles. The minimum absolute atomic E-state index is 0.0914. The van der Waals surface area contributed by atoms with E-state index in [0.29, 0.717) is 12.6 Å². The summed E-state index contributed by atoms with van der Waals surface area (Å²) < 4.78 is 0. The van der Waals surface area contributed by atoms with Gasteiger partial charge in [-0.3, -0.25) is 14.6 Å². The van der Waals surface area contributed by atoms with Crippen molar-refractivity contribution < 1.29 is 9.59 Å². The first-order chi connectivity index (χ1) is 14.6. The van der Waals surface area contributed by atoms with E-state index in [4.69, 9.17) is 0 Å². The Morgan fingerprint density at radius 2 is 1.83 bits per heavy atom. The van der Waals surface area contributed by atoms with E-state index in [1.165, 1.54) is 4.88 Å². The lowest BCUT2D eigenvalue weighted by atomic mass is 9.92. The van der Waals surface area contributed by atoms with Crippen LogP contribution in [0.2, 0.25) is 0 Å². The van der Waals surface area contributed by atoms with Gasteiger partial charge in [-0.05, 0) is 70.0 Å². The molecule has 2 aromatic heterocycles. The SMILES string of the molecule is Cc1ccc(C(=O)N2CCC(N3CCC(C(=O)NCc4ccccn4)CC3)CC2)s1. The number of likely N-dealkylation sites (tertiary alicyclic amines) is 2. The van der Waals surface area contributed by atoms with Crippen LogP contribution in [0.25, 0.3) is 0 Å². The summed E-state index contributed by atoms with van der Waals surface area (Å²) in [6.07, 6.45) is 5.60. The molecule has 0 bridgehead atoms. The molecule has 0 saturated carbocycles. The summed E-state index contributed by atoms with van der Waals surface area (Å²) in [5, 5.41) is 3.04. The normalized spacial score (nSPS) is 19.0. The van der Waals surface area contributed by atoms with Crippen molar-refractivity contribution in [1.82, 2.24) is 20.1 Å². The number of aromatic nitrogens is 1. The summed E-state index contributed by atoms with van der Waals surface area (Å²) in [5.74, 6) is 0.412. The third-order valence-corrected chi connectivity index (χ3v) is 7.28. The number of carbonyl (C=O) groups excluding carboxylic acids is 2. The molecule has 1 N–H and O–H groups in total. The van der Waals surface area contributed by atoms with Gasteiger partial charge in [-0.1, -0.05) is 6.07 Å². The van der Waals surface area contributed by atoms with Gasteiger partial charge in [0.2, 0.25) is 5.91 Å². The largest absolute Gasteiger partial charge is 0.350 e. The fourth-order valence-corrected chi connectivity index (χ4v) is 5.33. The van der Waals surface area contributed by atoms with Crippen LogP contribution in [0.1, 0.15) is 45.9 Å². The highest BCUT2D eigenvalue weighted by atomic mass is 32.1. The summed E-state index contributed by atoms with van der Waals surface area (Å²) in [4.78, 5) is 36.0. The van der Waals surface area contributed by atoms with Crippen LogP contribution in [-0.2, 0) is 11.3 Å². The number of pyridine rings is 1. The number of hydrogen-bond acceptors (Lipinski definition) is 5. The monoisotopic (exact) mass is 426 g/mol. The third kappa shape index (κ3) is 5.08. The van der Waals surface area contributed by atoms with Gasteiger partial charge in [0, 0.05) is 36.1 Å². The molecule has 2 fully saturated rings. The number of nitrogens with one attached hydrogen (secondary N) is 1. The van der Waals surface area contributed by atoms with Crippen molar-refractivity contribution >= 4 is 23.2 Å². The van der Waals surface area contributed by atoms with Gasteiger partial charge in [0.1, 0.15) is 0 Å². The minimum atomic E-state index is 0.0914. The van der Waals surface area contributed by atoms with Gasteiger partial charge >= 0.3 is 0 Å². The average molecular weight is 427 g/mol. The summed E-state index contributed by atoms with van der Waals surface area (Å²) in [6, 6.07) is 10.2. The molecule has 160 valence electrons. The van der Waals surface area contributed by atoms with E-state index >= 15 is 0 Å². The van der Waals surface area contributed by atoms with Crippen molar-refractivity contribution in [1.29, 1.82) is 0 Å². The maximum Gasteiger partial charge on any atom is 0.263 e. The number of hydrogen-bond donors (Lipinski definition) is 1. The van der Waals surface area contributed by atoms with E-state index in [-0.39, 0.29) is 17.7 Å². The number of carbonyl (C=O) groups is 2. The number of amides is 2. The first-order valence-corrected chi connectivity index (χ1v) is 11.7. The maximum absolute atomic E-state index is 12.7. The quantitative estimate of drug-likeness (QED) is 0.798. The minimum Gasteiger partial charge on any atom is -0.350 e. The zero-order chi connectivity index (χ0) is 20.9. The molecule has 6 nitrogen and oxygen atoms in total. The third-order valence-electron chi connectivity index (χ3n) is 6.29. The second kappa shape index (κ2) is 9.71. The fourth-order valence-electron chi connectivity index (χ4n) is 4.49. The Hall–Kier alpha value is -2.25. The van der Waals surface area contributed by atoms with Crippen LogP contribution in [0, 0.1) is 12.8 Å². The molecule has 4 rings (SSSR count). The predicted molar refractivity (Wildman–Crippen MR) is 118 cm³/mol. The van der Waals surface area contributed by atoms with Crippen LogP contribution in [0.15, 0.2) is 36.5 Å². The number of thiophene rings is 1. The summed E-state index contributed by atoms with van der Waals surface area (Å²) in [7, 11) is 0. The number of aryl methyl sites for hydroxylation is 1. The van der Waals surface area contributed by atoms with Crippen LogP contribution < -0.4 is 5.32 Å². The molecule has 0 aliphatic carbocycles. The topological polar surface area (TPSA) is 65.5 Å². The van der Waals surface area contributed by atoms with Crippen molar-refractivity contribution in [2.24, 2.45) is 5.92 Å². The summed E-state index contributed by atoms with van der Waals surface area (Å²) in [5.41, 5.74) is 0.891. The van der Waals surface area contributed by atoms with Gasteiger partial charge in [0.05, 0.1) is 17.1 Å². The molecular formula is C23H30N4O2S. The lowest BCUT2D eigenvalue weighted by Gasteiger charge is -2.41. The lowest BCUT2D eigenvalue weighted by Crippen LogP contribution is -2.50. The second-order valence-corrected chi connectivity index (χ2v) is 9.57. The second-order valence-electron chi connectivity index (χ2n) is 8.28. The molecule has 0 radical (unpaired) electrons. The molecule has 2 aromatic rings. The van der Waals surface area contributed by atoms with E-state index in [2.05, 4.69) is 15.2 Å². The molecule has 2 aliphatic rings. The van der Waals surface area contributed by atoms with Gasteiger partial charge in [0.25, 0.3) is 5.91 Å². The molecule has 7 heteroatoms. The number of piperidine rings is 2. The Morgan fingerprint density at radius 1 is 1.07 bits per heavy atom. The Balaban J connectivity index is 1.19. The van der Waals surface area contributed by atoms with Crippen molar-refractivity contribution in [2.45, 2.75) is 45.2 Å². The van der Waals surface area contributed by atoms with E-state index in [1.807, 2.05) is 42.2 Å². The molecule has 4 heterocycles. The van der Waals surface area contributed by atoms with E-state index in [1.54, 1.807) is 17.5 Å². The standard InChI is InChI=1S/C23H30N4O2S/c1-17-5-6-21(30-17)23(29)27-14-9-20(10-15-27)26-12-7-18(8-13-26)22(28)25-16-19-4-2-3-11-24-19/h2-6,11,18,20H,7-10,12-16H2,1H3,(H,25,28). The molecule has 0 aromatic carbocycles. The molecule has 2 amide bonds. The van der Waals surface area contributed by atoms with Gasteiger partial charge in [-0.25, -0.2) is 0 Å². The fraction of sp³-hybridized carbons (Fsp3) is 0.522. The number of nitrogens with zero attached hydrogens (tertiary/aromatic N) is 3. The first kappa shape index (κ1) is 21.0. The molecule has 0 atom stereocenters. The Kier molecular flexibility index (Phi) is 6.79. The van der Waals surface area contributed by atoms with Crippen molar-refractivity contribution in [3.8, 4) is 0 Å². The van der Waals surface area contributed by atoms with Crippen LogP contribution in [-0.4, -0.2) is 58.8 Å². The predicted octanol–water partition coefficient (Wildman–Crippen LogP) is 3.08. The molecule has 30 heavy (non-hydrogen) atoms. The van der Waals surface area contributed by atoms with Crippen LogP contribution in [0.3, 0.4) is 0 Å². The van der Waals surface area contributed by atoms with Crippen LogP contribution >= 0.6 is 11.3 Å². The smallest absolute Gasteiger partial charge is 0.263 e. The van der Waals surface area contributed by atoms with Crippen LogP contribution in [0.5, 0.6) is 0 Å². The molecule has 0 unspecified atom stereocenters. The lowest BCUT2D eigenvalue weighted by molar-refractivity contribution is -0.126. The van der Waals surface area contributed by atoms with Gasteiger partial charge in [0.15, 0.2) is 0 Å². The summed E-state index contributed by atoms with van der Waals surface area (Å²) >= 11 is 1.58. The average Bonchev–Trinajstić information content (AvgIpc) is 3.24. The van der Waals surface area contributed by atoms with Crippen molar-refractivity contribution in [3.63, 3.8) is 0 Å². The van der Waals surface area contributed by atoms with Gasteiger partial charge < -0.3 is 15.1 Å². The highest BCUT2D eigenvalue weighted by Gasteiger charge is 2.32. The first-order valence-electron chi connectivity index (χ1n) is 10.9. The van der Waals surface area contributed by atoms with E-state index < -0.39 is 0 Å². The Morgan fingerprint density at radius 3 is 2.47 bits per heavy atom. The molecule has 0 spiro atoms. The highest BCUT2D eigenvalue weighted by Crippen LogP contribution is 2.26. The van der Waals surface area contributed by atoms with Gasteiger partial charge in [-0.2, -0.15) is 0 Å². The van der Waals surface area contributed by atoms with E-state index in [0.717, 1.165) is 62.4 Å².